The van der Waals surface area contributed by atoms with Crippen LogP contribution < -0.4 is 0 Å². The molecule has 0 heterocycles. The standard InChI is InChI=1S/C9H10O3S.CH2O/c1-2-5-8-6-3-4-7-9(8)13(10,11)12;1-2/h2-4,6-7H,1,5H2,(H,10,11,12);1H2. The summed E-state index contributed by atoms with van der Waals surface area (Å²) in [6.45, 7) is 5.50. The predicted octanol–water partition coefficient (Wildman–Crippen LogP) is 1.48. The quantitative estimate of drug-likeness (QED) is 0.628. The van der Waals surface area contributed by atoms with Crippen molar-refractivity contribution in [2.75, 3.05) is 0 Å². The Kier molecular flexibility index (Phi) is 5.51. The Balaban J connectivity index is 0.000000921. The van der Waals surface area contributed by atoms with E-state index in [0.29, 0.717) is 12.0 Å². The summed E-state index contributed by atoms with van der Waals surface area (Å²) in [4.78, 5) is 7.95. The van der Waals surface area contributed by atoms with Crippen molar-refractivity contribution in [3.05, 3.63) is 42.5 Å². The van der Waals surface area contributed by atoms with Crippen molar-refractivity contribution in [2.45, 2.75) is 11.3 Å². The Labute approximate surface area is 89.0 Å². The third-order valence-electron chi connectivity index (χ3n) is 1.61. The first-order valence-corrected chi connectivity index (χ1v) is 5.45. The normalized spacial score (nSPS) is 9.93. The highest BCUT2D eigenvalue weighted by atomic mass is 32.2. The summed E-state index contributed by atoms with van der Waals surface area (Å²) in [7, 11) is -4.10. The first-order valence-electron chi connectivity index (χ1n) is 4.01. The fourth-order valence-corrected chi connectivity index (χ4v) is 1.81. The second-order valence-electron chi connectivity index (χ2n) is 2.58. The molecule has 0 aliphatic heterocycles. The molecule has 0 saturated carbocycles. The lowest BCUT2D eigenvalue weighted by molar-refractivity contribution is -0.0979. The zero-order chi connectivity index (χ0) is 11.9. The zero-order valence-electron chi connectivity index (χ0n) is 8.09. The molecule has 0 unspecified atom stereocenters. The van der Waals surface area contributed by atoms with Gasteiger partial charge in [-0.15, -0.1) is 6.58 Å². The molecular formula is C10H12O4S. The Bertz CT molecular complexity index is 423. The van der Waals surface area contributed by atoms with Gasteiger partial charge in [0.15, 0.2) is 0 Å². The van der Waals surface area contributed by atoms with Crippen molar-refractivity contribution in [3.8, 4) is 0 Å². The van der Waals surface area contributed by atoms with E-state index in [0.717, 1.165) is 0 Å². The maximum absolute atomic E-state index is 10.8. The second-order valence-corrected chi connectivity index (χ2v) is 3.97. The highest BCUT2D eigenvalue weighted by Gasteiger charge is 2.12. The number of carbonyl (C=O) groups is 1. The largest absolute Gasteiger partial charge is 0.307 e. The van der Waals surface area contributed by atoms with E-state index in [-0.39, 0.29) is 4.90 Å². The highest BCUT2D eigenvalue weighted by molar-refractivity contribution is 7.85. The number of benzene rings is 1. The smallest absolute Gasteiger partial charge is 0.294 e. The Morgan fingerprint density at radius 2 is 1.80 bits per heavy atom. The fraction of sp³-hybridized carbons (Fsp3) is 0.100. The van der Waals surface area contributed by atoms with Crippen molar-refractivity contribution < 1.29 is 17.8 Å². The van der Waals surface area contributed by atoms with E-state index in [9.17, 15) is 8.42 Å². The second kappa shape index (κ2) is 6.10. The molecule has 82 valence electrons. The van der Waals surface area contributed by atoms with E-state index >= 15 is 0 Å². The molecule has 0 atom stereocenters. The third-order valence-corrected chi connectivity index (χ3v) is 2.57. The van der Waals surface area contributed by atoms with Gasteiger partial charge in [-0.05, 0) is 18.1 Å². The van der Waals surface area contributed by atoms with Crippen LogP contribution in [0, 0.1) is 0 Å². The van der Waals surface area contributed by atoms with Crippen LogP contribution in [0.2, 0.25) is 0 Å². The summed E-state index contributed by atoms with van der Waals surface area (Å²) in [5.74, 6) is 0. The molecule has 15 heavy (non-hydrogen) atoms. The minimum Gasteiger partial charge on any atom is -0.307 e. The van der Waals surface area contributed by atoms with E-state index in [1.54, 1.807) is 24.3 Å². The van der Waals surface area contributed by atoms with Crippen LogP contribution in [0.15, 0.2) is 41.8 Å². The van der Waals surface area contributed by atoms with Crippen molar-refractivity contribution >= 4 is 16.9 Å². The van der Waals surface area contributed by atoms with Crippen LogP contribution in [0.4, 0.5) is 0 Å². The monoisotopic (exact) mass is 228 g/mol. The molecule has 1 aromatic rings. The van der Waals surface area contributed by atoms with Gasteiger partial charge in [0.1, 0.15) is 6.79 Å². The molecule has 0 spiro atoms. The fourth-order valence-electron chi connectivity index (χ4n) is 1.08. The summed E-state index contributed by atoms with van der Waals surface area (Å²) >= 11 is 0. The van der Waals surface area contributed by atoms with Gasteiger partial charge >= 0.3 is 0 Å². The van der Waals surface area contributed by atoms with Crippen LogP contribution in [0.5, 0.6) is 0 Å². The van der Waals surface area contributed by atoms with Gasteiger partial charge in [0.05, 0.1) is 4.90 Å². The number of allylic oxidation sites excluding steroid dienone is 1. The Hall–Kier alpha value is -1.46. The molecule has 0 bridgehead atoms. The minimum atomic E-state index is -4.10. The minimum absolute atomic E-state index is 0.0464. The lowest BCUT2D eigenvalue weighted by atomic mass is 10.1. The van der Waals surface area contributed by atoms with Crippen molar-refractivity contribution in [3.63, 3.8) is 0 Å². The van der Waals surface area contributed by atoms with Crippen molar-refractivity contribution in [2.24, 2.45) is 0 Å². The zero-order valence-corrected chi connectivity index (χ0v) is 8.90. The Morgan fingerprint density at radius 3 is 2.27 bits per heavy atom. The van der Waals surface area contributed by atoms with E-state index < -0.39 is 10.1 Å². The Morgan fingerprint density at radius 1 is 1.27 bits per heavy atom. The van der Waals surface area contributed by atoms with Crippen molar-refractivity contribution in [1.29, 1.82) is 0 Å². The third kappa shape index (κ3) is 4.05. The lowest BCUT2D eigenvalue weighted by Crippen LogP contribution is -2.02. The molecule has 4 nitrogen and oxygen atoms in total. The molecule has 0 aliphatic rings. The van der Waals surface area contributed by atoms with Crippen LogP contribution in [0.1, 0.15) is 5.56 Å². The maximum Gasteiger partial charge on any atom is 0.294 e. The summed E-state index contributed by atoms with van der Waals surface area (Å²) in [5.41, 5.74) is 0.556. The van der Waals surface area contributed by atoms with Gasteiger partial charge in [0, 0.05) is 0 Å². The molecule has 0 fully saturated rings. The summed E-state index contributed by atoms with van der Waals surface area (Å²) in [5, 5.41) is 0. The SMILES string of the molecule is C=CCc1ccccc1S(=O)(=O)O.C=O. The number of hydrogen-bond acceptors (Lipinski definition) is 3. The first kappa shape index (κ1) is 13.5. The molecule has 0 saturated heterocycles. The maximum atomic E-state index is 10.8. The van der Waals surface area contributed by atoms with E-state index in [1.165, 1.54) is 6.07 Å². The van der Waals surface area contributed by atoms with Crippen LogP contribution in [-0.4, -0.2) is 19.8 Å². The van der Waals surface area contributed by atoms with Crippen LogP contribution >= 0.6 is 0 Å². The van der Waals surface area contributed by atoms with Crippen LogP contribution in [0.3, 0.4) is 0 Å². The number of carbonyl (C=O) groups excluding carboxylic acids is 1. The molecule has 0 amide bonds. The average Bonchev–Trinajstić information content (AvgIpc) is 2.21. The molecule has 0 radical (unpaired) electrons. The molecular weight excluding hydrogens is 216 g/mol. The van der Waals surface area contributed by atoms with Gasteiger partial charge in [-0.1, -0.05) is 24.3 Å². The highest BCUT2D eigenvalue weighted by Crippen LogP contribution is 2.15. The van der Waals surface area contributed by atoms with Crippen molar-refractivity contribution in [1.82, 2.24) is 0 Å². The van der Waals surface area contributed by atoms with E-state index in [2.05, 4.69) is 6.58 Å². The molecule has 0 aliphatic carbocycles. The van der Waals surface area contributed by atoms with Gasteiger partial charge in [-0.25, -0.2) is 0 Å². The van der Waals surface area contributed by atoms with E-state index in [1.807, 2.05) is 6.79 Å². The molecule has 1 aromatic carbocycles. The van der Waals surface area contributed by atoms with Gasteiger partial charge in [0.2, 0.25) is 0 Å². The van der Waals surface area contributed by atoms with Gasteiger partial charge in [0.25, 0.3) is 10.1 Å². The molecule has 1 rings (SSSR count). The van der Waals surface area contributed by atoms with Gasteiger partial charge in [-0.2, -0.15) is 8.42 Å². The first-order chi connectivity index (χ1) is 7.05. The summed E-state index contributed by atoms with van der Waals surface area (Å²) in [6, 6.07) is 6.29. The molecule has 0 aromatic heterocycles. The lowest BCUT2D eigenvalue weighted by Gasteiger charge is -2.02. The average molecular weight is 228 g/mol. The molecule has 5 heteroatoms. The number of rotatable bonds is 3. The van der Waals surface area contributed by atoms with Crippen LogP contribution in [0.25, 0.3) is 0 Å². The van der Waals surface area contributed by atoms with Crippen LogP contribution in [-0.2, 0) is 21.3 Å². The van der Waals surface area contributed by atoms with E-state index in [4.69, 9.17) is 9.35 Å². The van der Waals surface area contributed by atoms with Gasteiger partial charge < -0.3 is 4.79 Å². The number of hydrogen-bond donors (Lipinski definition) is 1. The topological polar surface area (TPSA) is 71.4 Å². The predicted molar refractivity (Wildman–Crippen MR) is 57.3 cm³/mol. The van der Waals surface area contributed by atoms with Gasteiger partial charge in [-0.3, -0.25) is 4.55 Å². The summed E-state index contributed by atoms with van der Waals surface area (Å²) < 4.78 is 30.5. The summed E-state index contributed by atoms with van der Waals surface area (Å²) in [6.07, 6.45) is 2.01. The molecule has 1 N–H and O–H groups in total.